The van der Waals surface area contributed by atoms with Crippen molar-refractivity contribution in [2.75, 3.05) is 6.54 Å². The molecule has 0 bridgehead atoms. The van der Waals surface area contributed by atoms with Gasteiger partial charge in [-0.1, -0.05) is 96.9 Å². The predicted molar refractivity (Wildman–Crippen MR) is 142 cm³/mol. The Morgan fingerprint density at radius 2 is 1.42 bits per heavy atom. The number of hydrazone groups is 1. The fraction of sp³-hybridized carbons (Fsp3) is 0.233. The van der Waals surface area contributed by atoms with E-state index in [1.165, 1.54) is 0 Å². The molecule has 6 heteroatoms. The molecule has 3 rings (SSSR count). The largest absolute Gasteiger partial charge is 0.458 e. The Morgan fingerprint density at radius 1 is 0.917 bits per heavy atom. The van der Waals surface area contributed by atoms with Crippen molar-refractivity contribution in [3.63, 3.8) is 0 Å². The van der Waals surface area contributed by atoms with Crippen molar-refractivity contribution in [2.45, 2.75) is 38.8 Å². The zero-order chi connectivity index (χ0) is 26.0. The molecule has 1 atom stereocenters. The van der Waals surface area contributed by atoms with Crippen LogP contribution in [0.3, 0.4) is 0 Å². The van der Waals surface area contributed by atoms with E-state index in [1.54, 1.807) is 20.8 Å². The highest BCUT2D eigenvalue weighted by atomic mass is 16.6. The van der Waals surface area contributed by atoms with Gasteiger partial charge in [0.25, 0.3) is 0 Å². The second kappa shape index (κ2) is 12.4. The van der Waals surface area contributed by atoms with Gasteiger partial charge in [-0.05, 0) is 26.3 Å². The SMILES string of the molecule is C#CCN(N=C(c1ccccc1)c1ccccc1)C(=O)N[C@H](Cc1ccccc1)C(=O)OC(C)(C)C. The maximum absolute atomic E-state index is 13.4. The number of rotatable bonds is 8. The van der Waals surface area contributed by atoms with Crippen LogP contribution in [0.15, 0.2) is 96.1 Å². The summed E-state index contributed by atoms with van der Waals surface area (Å²) in [5.41, 5.74) is 2.41. The molecular weight excluding hydrogens is 450 g/mol. The third-order valence-electron chi connectivity index (χ3n) is 5.06. The van der Waals surface area contributed by atoms with Crippen molar-refractivity contribution in [1.82, 2.24) is 10.3 Å². The number of carbonyl (C=O) groups excluding carboxylic acids is 2. The predicted octanol–water partition coefficient (Wildman–Crippen LogP) is 5.04. The van der Waals surface area contributed by atoms with Crippen molar-refractivity contribution in [3.05, 3.63) is 108 Å². The number of esters is 1. The summed E-state index contributed by atoms with van der Waals surface area (Å²) in [7, 11) is 0. The fourth-order valence-corrected chi connectivity index (χ4v) is 3.47. The van der Waals surface area contributed by atoms with E-state index < -0.39 is 23.6 Å². The molecule has 0 saturated carbocycles. The Labute approximate surface area is 213 Å². The lowest BCUT2D eigenvalue weighted by Gasteiger charge is -2.26. The molecule has 0 spiro atoms. The number of urea groups is 1. The van der Waals surface area contributed by atoms with Gasteiger partial charge in [0.15, 0.2) is 0 Å². The van der Waals surface area contributed by atoms with Gasteiger partial charge >= 0.3 is 12.0 Å². The van der Waals surface area contributed by atoms with Crippen LogP contribution < -0.4 is 5.32 Å². The Hall–Kier alpha value is -4.37. The molecule has 0 aliphatic heterocycles. The monoisotopic (exact) mass is 481 g/mol. The van der Waals surface area contributed by atoms with Gasteiger partial charge in [-0.25, -0.2) is 14.6 Å². The molecule has 3 aromatic rings. The average Bonchev–Trinajstić information content (AvgIpc) is 2.86. The molecule has 0 aliphatic rings. The molecule has 184 valence electrons. The zero-order valence-corrected chi connectivity index (χ0v) is 20.8. The van der Waals surface area contributed by atoms with Crippen LogP contribution in [-0.2, 0) is 16.0 Å². The van der Waals surface area contributed by atoms with Crippen LogP contribution in [0, 0.1) is 12.3 Å². The highest BCUT2D eigenvalue weighted by Gasteiger charge is 2.29. The first kappa shape index (κ1) is 26.2. The van der Waals surface area contributed by atoms with Gasteiger partial charge in [0.05, 0.1) is 5.71 Å². The average molecular weight is 482 g/mol. The number of nitrogens with one attached hydrogen (secondary N) is 1. The van der Waals surface area contributed by atoms with E-state index in [9.17, 15) is 9.59 Å². The topological polar surface area (TPSA) is 71.0 Å². The summed E-state index contributed by atoms with van der Waals surface area (Å²) in [6, 6.07) is 27.0. The number of ether oxygens (including phenoxy) is 1. The normalized spacial score (nSPS) is 11.5. The summed E-state index contributed by atoms with van der Waals surface area (Å²) in [5, 5.41) is 8.60. The number of benzene rings is 3. The third-order valence-corrected chi connectivity index (χ3v) is 5.06. The molecule has 0 aromatic heterocycles. The van der Waals surface area contributed by atoms with Crippen LogP contribution in [0.4, 0.5) is 4.79 Å². The first-order valence-electron chi connectivity index (χ1n) is 11.7. The van der Waals surface area contributed by atoms with Gasteiger partial charge in [0.2, 0.25) is 0 Å². The van der Waals surface area contributed by atoms with Crippen molar-refractivity contribution in [3.8, 4) is 12.3 Å². The van der Waals surface area contributed by atoms with Crippen LogP contribution in [0.2, 0.25) is 0 Å². The zero-order valence-electron chi connectivity index (χ0n) is 20.8. The van der Waals surface area contributed by atoms with Gasteiger partial charge < -0.3 is 10.1 Å². The maximum Gasteiger partial charge on any atom is 0.339 e. The van der Waals surface area contributed by atoms with E-state index >= 15 is 0 Å². The van der Waals surface area contributed by atoms with E-state index in [4.69, 9.17) is 11.2 Å². The minimum atomic E-state index is -0.925. The molecule has 0 heterocycles. The van der Waals surface area contributed by atoms with Gasteiger partial charge in [-0.3, -0.25) is 0 Å². The van der Waals surface area contributed by atoms with Crippen LogP contribution in [0.5, 0.6) is 0 Å². The first-order valence-corrected chi connectivity index (χ1v) is 11.7. The molecule has 0 aliphatic carbocycles. The van der Waals surface area contributed by atoms with Crippen LogP contribution in [0.25, 0.3) is 0 Å². The van der Waals surface area contributed by atoms with E-state index in [0.29, 0.717) is 5.71 Å². The summed E-state index contributed by atoms with van der Waals surface area (Å²) in [6.45, 7) is 5.27. The van der Waals surface area contributed by atoms with E-state index in [2.05, 4.69) is 16.3 Å². The Kier molecular flexibility index (Phi) is 9.01. The van der Waals surface area contributed by atoms with Crippen LogP contribution in [0.1, 0.15) is 37.5 Å². The van der Waals surface area contributed by atoms with E-state index in [0.717, 1.165) is 21.7 Å². The minimum Gasteiger partial charge on any atom is -0.458 e. The maximum atomic E-state index is 13.4. The molecular formula is C30H31N3O3. The molecule has 3 aromatic carbocycles. The second-order valence-electron chi connectivity index (χ2n) is 9.17. The summed E-state index contributed by atoms with van der Waals surface area (Å²) < 4.78 is 5.58. The van der Waals surface area contributed by atoms with Gasteiger partial charge in [-0.2, -0.15) is 5.10 Å². The smallest absolute Gasteiger partial charge is 0.339 e. The fourth-order valence-electron chi connectivity index (χ4n) is 3.47. The number of hydrogen-bond donors (Lipinski definition) is 1. The third kappa shape index (κ3) is 7.85. The molecule has 0 fully saturated rings. The molecule has 0 saturated heterocycles. The number of terminal acetylenes is 1. The quantitative estimate of drug-likeness (QED) is 0.212. The van der Waals surface area contributed by atoms with Gasteiger partial charge in [-0.15, -0.1) is 6.42 Å². The van der Waals surface area contributed by atoms with Crippen molar-refractivity contribution in [2.24, 2.45) is 5.10 Å². The molecule has 6 nitrogen and oxygen atoms in total. The highest BCUT2D eigenvalue weighted by molar-refractivity contribution is 6.13. The lowest BCUT2D eigenvalue weighted by Crippen LogP contribution is -2.49. The Balaban J connectivity index is 1.93. The lowest BCUT2D eigenvalue weighted by atomic mass is 10.0. The molecule has 0 unspecified atom stereocenters. The Bertz CT molecular complexity index is 1170. The second-order valence-corrected chi connectivity index (χ2v) is 9.17. The number of amides is 2. The molecule has 2 amide bonds. The standard InChI is InChI=1S/C30H31N3O3/c1-5-21-33(32-27(24-17-11-7-12-18-24)25-19-13-8-14-20-25)29(35)31-26(28(34)36-30(2,3)4)22-23-15-9-6-10-16-23/h1,6-20,26H,21-22H2,2-4H3,(H,31,35)/t26-/m1/s1. The van der Waals surface area contributed by atoms with Crippen molar-refractivity contribution in [1.29, 1.82) is 0 Å². The summed E-state index contributed by atoms with van der Waals surface area (Å²) in [4.78, 5) is 26.4. The summed E-state index contributed by atoms with van der Waals surface area (Å²) >= 11 is 0. The number of carbonyl (C=O) groups is 2. The first-order chi connectivity index (χ1) is 17.3. The van der Waals surface area contributed by atoms with E-state index in [1.807, 2.05) is 91.0 Å². The molecule has 1 N–H and O–H groups in total. The molecule has 0 radical (unpaired) electrons. The highest BCUT2D eigenvalue weighted by Crippen LogP contribution is 2.14. The molecule has 36 heavy (non-hydrogen) atoms. The van der Waals surface area contributed by atoms with Gasteiger partial charge in [0, 0.05) is 17.5 Å². The van der Waals surface area contributed by atoms with Crippen molar-refractivity contribution < 1.29 is 14.3 Å². The number of hydrogen-bond acceptors (Lipinski definition) is 4. The van der Waals surface area contributed by atoms with Crippen LogP contribution >= 0.6 is 0 Å². The summed E-state index contributed by atoms with van der Waals surface area (Å²) in [6.07, 6.45) is 5.85. The van der Waals surface area contributed by atoms with E-state index in [-0.39, 0.29) is 13.0 Å². The Morgan fingerprint density at radius 3 is 1.89 bits per heavy atom. The van der Waals surface area contributed by atoms with Gasteiger partial charge in [0.1, 0.15) is 18.2 Å². The summed E-state index contributed by atoms with van der Waals surface area (Å²) in [5.74, 6) is 1.96. The van der Waals surface area contributed by atoms with Crippen molar-refractivity contribution >= 4 is 17.7 Å². The minimum absolute atomic E-state index is 0.0820. The lowest BCUT2D eigenvalue weighted by molar-refractivity contribution is -0.157. The number of nitrogens with zero attached hydrogens (tertiary/aromatic N) is 2. The van der Waals surface area contributed by atoms with Crippen LogP contribution in [-0.4, -0.2) is 40.9 Å².